The van der Waals surface area contributed by atoms with Crippen LogP contribution in [0.4, 0.5) is 4.79 Å². The van der Waals surface area contributed by atoms with Gasteiger partial charge in [-0.2, -0.15) is 0 Å². The van der Waals surface area contributed by atoms with Crippen molar-refractivity contribution in [3.05, 3.63) is 53.9 Å². The minimum Gasteiger partial charge on any atom is -0.445 e. The highest BCUT2D eigenvalue weighted by atomic mass is 16.6. The number of ether oxygens (including phenoxy) is 2. The molecule has 0 aliphatic carbocycles. The van der Waals surface area contributed by atoms with Crippen LogP contribution in [-0.4, -0.2) is 49.3 Å². The van der Waals surface area contributed by atoms with Crippen molar-refractivity contribution in [1.29, 1.82) is 0 Å². The summed E-state index contributed by atoms with van der Waals surface area (Å²) in [7, 11) is 1.67. The predicted octanol–water partition coefficient (Wildman–Crippen LogP) is 3.00. The Labute approximate surface area is 154 Å². The van der Waals surface area contributed by atoms with E-state index in [9.17, 15) is 4.79 Å². The molecule has 26 heavy (non-hydrogen) atoms. The monoisotopic (exact) mass is 355 g/mol. The van der Waals surface area contributed by atoms with Gasteiger partial charge in [0.2, 0.25) is 0 Å². The van der Waals surface area contributed by atoms with Crippen molar-refractivity contribution >= 4 is 6.09 Å². The van der Waals surface area contributed by atoms with E-state index in [0.29, 0.717) is 13.1 Å². The lowest BCUT2D eigenvalue weighted by Gasteiger charge is -2.26. The minimum atomic E-state index is -0.266. The van der Waals surface area contributed by atoms with Gasteiger partial charge in [-0.15, -0.1) is 0 Å². The third-order valence-corrected chi connectivity index (χ3v) is 4.61. The minimum absolute atomic E-state index is 0.123. The zero-order chi connectivity index (χ0) is 18.4. The number of nitrogens with one attached hydrogen (secondary N) is 1. The van der Waals surface area contributed by atoms with Crippen molar-refractivity contribution in [2.24, 2.45) is 0 Å². The third-order valence-electron chi connectivity index (χ3n) is 4.61. The lowest BCUT2D eigenvalue weighted by molar-refractivity contribution is 0.0919. The first kappa shape index (κ1) is 18.4. The largest absolute Gasteiger partial charge is 0.445 e. The van der Waals surface area contributed by atoms with Crippen LogP contribution in [0.5, 0.6) is 0 Å². The second kappa shape index (κ2) is 8.78. The van der Waals surface area contributed by atoms with Crippen LogP contribution in [0.1, 0.15) is 24.3 Å². The number of piperazine rings is 1. The number of nitrogens with zero attached hydrogens (tertiary/aromatic N) is 2. The van der Waals surface area contributed by atoms with Gasteiger partial charge in [0.15, 0.2) is 0 Å². The van der Waals surface area contributed by atoms with Gasteiger partial charge in [0.25, 0.3) is 0 Å². The van der Waals surface area contributed by atoms with Crippen molar-refractivity contribution < 1.29 is 14.3 Å². The van der Waals surface area contributed by atoms with E-state index in [-0.39, 0.29) is 18.8 Å². The van der Waals surface area contributed by atoms with E-state index in [1.165, 1.54) is 0 Å². The summed E-state index contributed by atoms with van der Waals surface area (Å²) in [6.45, 7) is 5.17. The Morgan fingerprint density at radius 1 is 1.19 bits per heavy atom. The molecule has 0 bridgehead atoms. The van der Waals surface area contributed by atoms with Gasteiger partial charge in [-0.3, -0.25) is 4.98 Å². The smallest absolute Gasteiger partial charge is 0.410 e. The molecule has 2 heterocycles. The van der Waals surface area contributed by atoms with Crippen LogP contribution in [0.25, 0.3) is 11.1 Å². The van der Waals surface area contributed by atoms with Crippen molar-refractivity contribution in [2.75, 3.05) is 33.3 Å². The van der Waals surface area contributed by atoms with Crippen LogP contribution < -0.4 is 5.32 Å². The Bertz CT molecular complexity index is 745. The molecular formula is C20H25N3O3. The Balaban J connectivity index is 1.80. The average molecular weight is 355 g/mol. The number of hydrogen-bond acceptors (Lipinski definition) is 5. The summed E-state index contributed by atoms with van der Waals surface area (Å²) in [6, 6.07) is 11.9. The van der Waals surface area contributed by atoms with Crippen LogP contribution in [0.3, 0.4) is 0 Å². The summed E-state index contributed by atoms with van der Waals surface area (Å²) in [5, 5.41) is 3.23. The molecule has 2 aromatic rings. The van der Waals surface area contributed by atoms with Gasteiger partial charge in [-0.05, 0) is 24.1 Å². The zero-order valence-electron chi connectivity index (χ0n) is 15.3. The molecule has 1 amide bonds. The quantitative estimate of drug-likeness (QED) is 0.893. The number of amides is 1. The van der Waals surface area contributed by atoms with Gasteiger partial charge in [0.05, 0.1) is 11.8 Å². The molecule has 1 aliphatic heterocycles. The molecule has 1 N–H and O–H groups in total. The summed E-state index contributed by atoms with van der Waals surface area (Å²) < 4.78 is 11.0. The Morgan fingerprint density at radius 3 is 2.69 bits per heavy atom. The highest BCUT2D eigenvalue weighted by Gasteiger charge is 2.19. The SMILES string of the molecule is CO[C@@H](C)c1ncccc1-c1ccccc1COC(=O)N1CCNCC1. The molecule has 1 saturated heterocycles. The van der Waals surface area contributed by atoms with E-state index in [1.54, 1.807) is 18.2 Å². The molecule has 1 atom stereocenters. The van der Waals surface area contributed by atoms with E-state index in [1.807, 2.05) is 43.3 Å². The average Bonchev–Trinajstić information content (AvgIpc) is 2.72. The predicted molar refractivity (Wildman–Crippen MR) is 99.7 cm³/mol. The molecule has 0 unspecified atom stereocenters. The highest BCUT2D eigenvalue weighted by Crippen LogP contribution is 2.30. The number of hydrogen-bond donors (Lipinski definition) is 1. The van der Waals surface area contributed by atoms with Crippen molar-refractivity contribution in [1.82, 2.24) is 15.2 Å². The second-order valence-corrected chi connectivity index (χ2v) is 6.26. The first-order chi connectivity index (χ1) is 12.7. The van der Waals surface area contributed by atoms with Gasteiger partial charge in [0.1, 0.15) is 6.61 Å². The fraction of sp³-hybridized carbons (Fsp3) is 0.400. The Morgan fingerprint density at radius 2 is 1.92 bits per heavy atom. The third kappa shape index (κ3) is 4.20. The zero-order valence-corrected chi connectivity index (χ0v) is 15.3. The molecule has 1 fully saturated rings. The molecule has 138 valence electrons. The van der Waals surface area contributed by atoms with Crippen molar-refractivity contribution in [2.45, 2.75) is 19.6 Å². The Hall–Kier alpha value is -2.44. The first-order valence-electron chi connectivity index (χ1n) is 8.89. The number of carbonyl (C=O) groups excluding carboxylic acids is 1. The van der Waals surface area contributed by atoms with Crippen molar-refractivity contribution in [3.8, 4) is 11.1 Å². The normalized spacial score (nSPS) is 15.5. The van der Waals surface area contributed by atoms with Crippen LogP contribution in [0.2, 0.25) is 0 Å². The van der Waals surface area contributed by atoms with Crippen LogP contribution >= 0.6 is 0 Å². The number of methoxy groups -OCH3 is 1. The van der Waals surface area contributed by atoms with Gasteiger partial charge >= 0.3 is 6.09 Å². The number of aromatic nitrogens is 1. The fourth-order valence-corrected chi connectivity index (χ4v) is 3.07. The lowest BCUT2D eigenvalue weighted by Crippen LogP contribution is -2.46. The summed E-state index contributed by atoms with van der Waals surface area (Å²) in [6.07, 6.45) is 1.38. The lowest BCUT2D eigenvalue weighted by atomic mass is 9.97. The standard InChI is InChI=1S/C20H25N3O3/c1-15(25-2)19-18(8-5-9-22-19)17-7-4-3-6-16(17)14-26-20(24)23-12-10-21-11-13-23/h3-9,15,21H,10-14H2,1-2H3/t15-/m0/s1. The number of rotatable bonds is 5. The number of carbonyl (C=O) groups is 1. The molecule has 0 saturated carbocycles. The number of benzene rings is 1. The van der Waals surface area contributed by atoms with E-state index >= 15 is 0 Å². The molecule has 0 radical (unpaired) electrons. The molecular weight excluding hydrogens is 330 g/mol. The van der Waals surface area contributed by atoms with E-state index < -0.39 is 0 Å². The molecule has 1 aromatic carbocycles. The maximum Gasteiger partial charge on any atom is 0.410 e. The summed E-state index contributed by atoms with van der Waals surface area (Å²) in [5.74, 6) is 0. The van der Waals surface area contributed by atoms with Crippen LogP contribution in [0, 0.1) is 0 Å². The summed E-state index contributed by atoms with van der Waals surface area (Å²) in [5.41, 5.74) is 3.83. The van der Waals surface area contributed by atoms with E-state index in [4.69, 9.17) is 9.47 Å². The molecule has 1 aromatic heterocycles. The van der Waals surface area contributed by atoms with E-state index in [0.717, 1.165) is 35.5 Å². The molecule has 6 heteroatoms. The maximum absolute atomic E-state index is 12.3. The van der Waals surface area contributed by atoms with Crippen LogP contribution in [0.15, 0.2) is 42.6 Å². The van der Waals surface area contributed by atoms with Gasteiger partial charge in [-0.25, -0.2) is 4.79 Å². The fourth-order valence-electron chi connectivity index (χ4n) is 3.07. The molecule has 1 aliphatic rings. The second-order valence-electron chi connectivity index (χ2n) is 6.26. The van der Waals surface area contributed by atoms with Crippen LogP contribution in [-0.2, 0) is 16.1 Å². The van der Waals surface area contributed by atoms with E-state index in [2.05, 4.69) is 10.3 Å². The topological polar surface area (TPSA) is 63.7 Å². The molecule has 6 nitrogen and oxygen atoms in total. The number of pyridine rings is 1. The highest BCUT2D eigenvalue weighted by molar-refractivity contribution is 5.71. The van der Waals surface area contributed by atoms with Gasteiger partial charge in [0, 0.05) is 45.0 Å². The summed E-state index contributed by atoms with van der Waals surface area (Å²) >= 11 is 0. The maximum atomic E-state index is 12.3. The van der Waals surface area contributed by atoms with Gasteiger partial charge < -0.3 is 19.7 Å². The summed E-state index contributed by atoms with van der Waals surface area (Å²) in [4.78, 5) is 18.5. The van der Waals surface area contributed by atoms with Gasteiger partial charge in [-0.1, -0.05) is 30.3 Å². The Kier molecular flexibility index (Phi) is 6.20. The molecule has 3 rings (SSSR count). The first-order valence-corrected chi connectivity index (χ1v) is 8.89. The molecule has 0 spiro atoms. The van der Waals surface area contributed by atoms with Crippen molar-refractivity contribution in [3.63, 3.8) is 0 Å².